The smallest absolute Gasteiger partial charge is 0.226 e. The first-order valence-electron chi connectivity index (χ1n) is 8.35. The van der Waals surface area contributed by atoms with Crippen molar-refractivity contribution >= 4 is 5.91 Å². The molecule has 4 aliphatic rings. The topological polar surface area (TPSA) is 29.1 Å². The molecule has 1 amide bonds. The summed E-state index contributed by atoms with van der Waals surface area (Å²) < 4.78 is 0. The molecule has 0 heterocycles. The Balaban J connectivity index is 1.76. The van der Waals surface area contributed by atoms with E-state index in [2.05, 4.69) is 36.5 Å². The molecule has 5 rings (SSSR count). The summed E-state index contributed by atoms with van der Waals surface area (Å²) in [6.07, 6.45) is 7.26. The molecule has 21 heavy (non-hydrogen) atoms. The van der Waals surface area contributed by atoms with Gasteiger partial charge in [-0.15, -0.1) is 0 Å². The third kappa shape index (κ3) is 1.88. The summed E-state index contributed by atoms with van der Waals surface area (Å²) >= 11 is 0. The number of hydrogen-bond acceptors (Lipinski definition) is 1. The van der Waals surface area contributed by atoms with Crippen LogP contribution in [0.25, 0.3) is 0 Å². The van der Waals surface area contributed by atoms with Gasteiger partial charge in [0.1, 0.15) is 0 Å². The molecule has 112 valence electrons. The fraction of sp³-hybridized carbons (Fsp3) is 0.632. The number of benzene rings is 1. The van der Waals surface area contributed by atoms with Crippen LogP contribution >= 0.6 is 0 Å². The first-order chi connectivity index (χ1) is 10.1. The number of aryl methyl sites for hydroxylation is 1. The Kier molecular flexibility index (Phi) is 2.76. The highest BCUT2D eigenvalue weighted by molar-refractivity contribution is 5.83. The quantitative estimate of drug-likeness (QED) is 0.883. The molecule has 2 heteroatoms. The van der Waals surface area contributed by atoms with Crippen molar-refractivity contribution in [2.24, 2.45) is 17.3 Å². The summed E-state index contributed by atoms with van der Waals surface area (Å²) in [6.45, 7) is 2.15. The average molecular weight is 283 g/mol. The minimum Gasteiger partial charge on any atom is -0.359 e. The second kappa shape index (κ2) is 4.34. The molecule has 0 saturated heterocycles. The first kappa shape index (κ1) is 13.4. The standard InChI is InChI=1S/C19H25NO/c1-13-3-5-16(6-4-13)18-8-14-7-15(9-18)11-19(10-14,12-18)17(21)20-2/h3-6,14-15H,7-12H2,1-2H3,(H,20,21)/t14-,15-,18?,19?/m0/s1. The zero-order chi connectivity index (χ0) is 14.7. The van der Waals surface area contributed by atoms with Crippen LogP contribution in [0, 0.1) is 24.2 Å². The Morgan fingerprint density at radius 2 is 1.71 bits per heavy atom. The molecule has 4 aliphatic carbocycles. The van der Waals surface area contributed by atoms with Gasteiger partial charge in [-0.25, -0.2) is 0 Å². The monoisotopic (exact) mass is 283 g/mol. The highest BCUT2D eigenvalue weighted by Crippen LogP contribution is 2.65. The fourth-order valence-corrected chi connectivity index (χ4v) is 6.04. The van der Waals surface area contributed by atoms with Crippen LogP contribution in [0.5, 0.6) is 0 Å². The van der Waals surface area contributed by atoms with Crippen molar-refractivity contribution in [3.63, 3.8) is 0 Å². The van der Waals surface area contributed by atoms with Crippen molar-refractivity contribution in [2.75, 3.05) is 7.05 Å². The molecule has 1 aromatic rings. The van der Waals surface area contributed by atoms with Gasteiger partial charge in [0, 0.05) is 7.05 Å². The zero-order valence-corrected chi connectivity index (χ0v) is 13.1. The van der Waals surface area contributed by atoms with Gasteiger partial charge in [0.25, 0.3) is 0 Å². The maximum atomic E-state index is 12.6. The molecule has 4 fully saturated rings. The fourth-order valence-electron chi connectivity index (χ4n) is 6.04. The molecule has 0 aromatic heterocycles. The van der Waals surface area contributed by atoms with E-state index in [-0.39, 0.29) is 10.8 Å². The number of carbonyl (C=O) groups excluding carboxylic acids is 1. The van der Waals surface area contributed by atoms with Crippen molar-refractivity contribution in [1.29, 1.82) is 0 Å². The van der Waals surface area contributed by atoms with Gasteiger partial charge >= 0.3 is 0 Å². The van der Waals surface area contributed by atoms with E-state index in [9.17, 15) is 4.79 Å². The lowest BCUT2D eigenvalue weighted by atomic mass is 9.42. The van der Waals surface area contributed by atoms with Crippen molar-refractivity contribution in [3.8, 4) is 0 Å². The minimum atomic E-state index is -0.0796. The highest BCUT2D eigenvalue weighted by Gasteiger charge is 2.60. The first-order valence-corrected chi connectivity index (χ1v) is 8.35. The molecule has 4 bridgehead atoms. The van der Waals surface area contributed by atoms with E-state index in [1.165, 1.54) is 30.4 Å². The molecular formula is C19H25NO. The van der Waals surface area contributed by atoms with Crippen LogP contribution in [-0.4, -0.2) is 13.0 Å². The van der Waals surface area contributed by atoms with E-state index in [4.69, 9.17) is 0 Å². The molecule has 0 spiro atoms. The lowest BCUT2D eigenvalue weighted by molar-refractivity contribution is -0.148. The summed E-state index contributed by atoms with van der Waals surface area (Å²) in [5, 5.41) is 2.96. The minimum absolute atomic E-state index is 0.0796. The van der Waals surface area contributed by atoms with Crippen LogP contribution in [0.15, 0.2) is 24.3 Å². The maximum Gasteiger partial charge on any atom is 0.226 e. The number of nitrogens with one attached hydrogen (secondary N) is 1. The van der Waals surface area contributed by atoms with Crippen molar-refractivity contribution < 1.29 is 4.79 Å². The Labute approximate surface area is 127 Å². The second-order valence-electron chi connectivity index (χ2n) is 7.97. The molecule has 0 radical (unpaired) electrons. The van der Waals surface area contributed by atoms with Crippen LogP contribution in [-0.2, 0) is 10.2 Å². The molecule has 1 aromatic carbocycles. The Bertz CT molecular complexity index is 560. The molecule has 1 N–H and O–H groups in total. The van der Waals surface area contributed by atoms with Crippen molar-refractivity contribution in [3.05, 3.63) is 35.4 Å². The normalized spacial score (nSPS) is 40.3. The van der Waals surface area contributed by atoms with E-state index in [0.717, 1.165) is 31.1 Å². The Hall–Kier alpha value is -1.31. The maximum absolute atomic E-state index is 12.6. The van der Waals surface area contributed by atoms with E-state index in [1.807, 2.05) is 0 Å². The second-order valence-corrected chi connectivity index (χ2v) is 7.97. The lowest BCUT2D eigenvalue weighted by Crippen LogP contribution is -2.58. The van der Waals surface area contributed by atoms with Gasteiger partial charge in [-0.2, -0.15) is 0 Å². The molecule has 4 saturated carbocycles. The molecule has 2 atom stereocenters. The van der Waals surface area contributed by atoms with Crippen LogP contribution < -0.4 is 5.32 Å². The van der Waals surface area contributed by atoms with Gasteiger partial charge < -0.3 is 5.32 Å². The van der Waals surface area contributed by atoms with Gasteiger partial charge in [0.2, 0.25) is 5.91 Å². The van der Waals surface area contributed by atoms with Gasteiger partial charge in [0.05, 0.1) is 5.41 Å². The van der Waals surface area contributed by atoms with Gasteiger partial charge in [0.15, 0.2) is 0 Å². The molecular weight excluding hydrogens is 258 g/mol. The van der Waals surface area contributed by atoms with Gasteiger partial charge in [-0.3, -0.25) is 4.79 Å². The van der Waals surface area contributed by atoms with E-state index in [0.29, 0.717) is 5.91 Å². The van der Waals surface area contributed by atoms with Crippen LogP contribution in [0.1, 0.15) is 49.7 Å². The summed E-state index contributed by atoms with van der Waals surface area (Å²) in [4.78, 5) is 12.6. The third-order valence-corrected chi connectivity index (χ3v) is 6.43. The van der Waals surface area contributed by atoms with Gasteiger partial charge in [-0.1, -0.05) is 29.8 Å². The van der Waals surface area contributed by atoms with Gasteiger partial charge in [-0.05, 0) is 68.3 Å². The summed E-state index contributed by atoms with van der Waals surface area (Å²) in [7, 11) is 1.81. The average Bonchev–Trinajstić information content (AvgIpc) is 2.45. The predicted octanol–water partition coefficient (Wildman–Crippen LogP) is 3.58. The van der Waals surface area contributed by atoms with Crippen LogP contribution in [0.4, 0.5) is 0 Å². The van der Waals surface area contributed by atoms with Crippen LogP contribution in [0.2, 0.25) is 0 Å². The largest absolute Gasteiger partial charge is 0.359 e. The summed E-state index contributed by atoms with van der Waals surface area (Å²) in [6, 6.07) is 9.11. The molecule has 0 aliphatic heterocycles. The van der Waals surface area contributed by atoms with E-state index >= 15 is 0 Å². The number of rotatable bonds is 2. The third-order valence-electron chi connectivity index (χ3n) is 6.43. The predicted molar refractivity (Wildman–Crippen MR) is 84.0 cm³/mol. The lowest BCUT2D eigenvalue weighted by Gasteiger charge is -2.61. The molecule has 2 nitrogen and oxygen atoms in total. The van der Waals surface area contributed by atoms with E-state index in [1.54, 1.807) is 7.05 Å². The highest BCUT2D eigenvalue weighted by atomic mass is 16.2. The number of carbonyl (C=O) groups is 1. The van der Waals surface area contributed by atoms with Crippen molar-refractivity contribution in [1.82, 2.24) is 5.32 Å². The Morgan fingerprint density at radius 1 is 1.10 bits per heavy atom. The summed E-state index contributed by atoms with van der Waals surface area (Å²) in [5.74, 6) is 1.81. The summed E-state index contributed by atoms with van der Waals surface area (Å²) in [5.41, 5.74) is 2.99. The van der Waals surface area contributed by atoms with Crippen molar-refractivity contribution in [2.45, 2.75) is 50.9 Å². The zero-order valence-electron chi connectivity index (χ0n) is 13.1. The number of hydrogen-bond donors (Lipinski definition) is 1. The SMILES string of the molecule is CNC(=O)C12C[C@H]3C[C@H](C1)CC(c1ccc(C)cc1)(C3)C2. The Morgan fingerprint density at radius 3 is 2.29 bits per heavy atom. The molecule has 0 unspecified atom stereocenters. The number of amides is 1. The van der Waals surface area contributed by atoms with Crippen LogP contribution in [0.3, 0.4) is 0 Å². The van der Waals surface area contributed by atoms with E-state index < -0.39 is 0 Å².